The second kappa shape index (κ2) is 9.44. The molecule has 1 aliphatic rings. The lowest BCUT2D eigenvalue weighted by atomic mass is 10.0. The lowest BCUT2D eigenvalue weighted by Gasteiger charge is -2.27. The van der Waals surface area contributed by atoms with Crippen molar-refractivity contribution in [3.63, 3.8) is 0 Å². The van der Waals surface area contributed by atoms with Crippen molar-refractivity contribution < 1.29 is 23.9 Å². The van der Waals surface area contributed by atoms with Crippen molar-refractivity contribution in [1.29, 1.82) is 0 Å². The number of amides is 4. The van der Waals surface area contributed by atoms with Crippen molar-refractivity contribution in [2.75, 3.05) is 12.0 Å². The molecule has 2 aromatic rings. The van der Waals surface area contributed by atoms with Crippen LogP contribution in [0.1, 0.15) is 37.0 Å². The van der Waals surface area contributed by atoms with Crippen LogP contribution in [0.4, 0.5) is 10.5 Å². The molecule has 168 valence electrons. The highest BCUT2D eigenvalue weighted by Crippen LogP contribution is 2.38. The molecule has 0 unspecified atom stereocenters. The van der Waals surface area contributed by atoms with Gasteiger partial charge in [-0.05, 0) is 74.2 Å². The van der Waals surface area contributed by atoms with E-state index in [1.807, 2.05) is 33.8 Å². The number of barbiturate groups is 1. The SMILES string of the molecule is CC[C@H](C)Oc1c(Cl)cc(/C=C2\C(=O)NC(=O)N(c3cc(C)cc(C)c3)C2=O)cc1OC. The molecule has 8 heteroatoms. The van der Waals surface area contributed by atoms with E-state index < -0.39 is 17.8 Å². The number of nitrogens with zero attached hydrogens (tertiary/aromatic N) is 1. The molecule has 0 spiro atoms. The van der Waals surface area contributed by atoms with Crippen molar-refractivity contribution in [2.45, 2.75) is 40.2 Å². The van der Waals surface area contributed by atoms with Crippen LogP contribution in [0.5, 0.6) is 11.5 Å². The number of anilines is 1. The topological polar surface area (TPSA) is 84.9 Å². The number of hydrogen-bond donors (Lipinski definition) is 1. The van der Waals surface area contributed by atoms with Crippen LogP contribution < -0.4 is 19.7 Å². The van der Waals surface area contributed by atoms with Gasteiger partial charge in [0.25, 0.3) is 11.8 Å². The molecular weight excluding hydrogens is 432 g/mol. The Balaban J connectivity index is 2.03. The van der Waals surface area contributed by atoms with Gasteiger partial charge in [0.1, 0.15) is 5.57 Å². The maximum absolute atomic E-state index is 13.2. The second-order valence-corrected chi connectivity index (χ2v) is 8.08. The third-order valence-corrected chi connectivity index (χ3v) is 5.30. The minimum Gasteiger partial charge on any atom is -0.493 e. The number of aryl methyl sites for hydroxylation is 2. The molecule has 3 rings (SSSR count). The summed E-state index contributed by atoms with van der Waals surface area (Å²) >= 11 is 6.40. The number of nitrogens with one attached hydrogen (secondary N) is 1. The number of benzene rings is 2. The maximum atomic E-state index is 13.2. The first-order chi connectivity index (χ1) is 15.1. The highest BCUT2D eigenvalue weighted by molar-refractivity contribution is 6.39. The zero-order valence-electron chi connectivity index (χ0n) is 18.6. The molecule has 1 N–H and O–H groups in total. The Morgan fingerprint density at radius 3 is 2.34 bits per heavy atom. The number of halogens is 1. The van der Waals surface area contributed by atoms with E-state index in [9.17, 15) is 14.4 Å². The Morgan fingerprint density at radius 1 is 1.09 bits per heavy atom. The Kier molecular flexibility index (Phi) is 6.89. The van der Waals surface area contributed by atoms with Crippen molar-refractivity contribution in [1.82, 2.24) is 5.32 Å². The smallest absolute Gasteiger partial charge is 0.335 e. The van der Waals surface area contributed by atoms with Crippen LogP contribution in [-0.2, 0) is 9.59 Å². The van der Waals surface area contributed by atoms with E-state index in [4.69, 9.17) is 21.1 Å². The van der Waals surface area contributed by atoms with Gasteiger partial charge in [0.15, 0.2) is 11.5 Å². The Morgan fingerprint density at radius 2 is 1.75 bits per heavy atom. The first kappa shape index (κ1) is 23.3. The summed E-state index contributed by atoms with van der Waals surface area (Å²) in [6.07, 6.45) is 2.08. The minimum absolute atomic E-state index is 0.0753. The number of methoxy groups -OCH3 is 1. The number of carbonyl (C=O) groups excluding carboxylic acids is 3. The number of rotatable bonds is 6. The largest absolute Gasteiger partial charge is 0.493 e. The standard InChI is InChI=1S/C24H25ClN2O5/c1-6-15(4)32-21-19(25)11-16(12-20(21)31-5)10-18-22(28)26-24(30)27(23(18)29)17-8-13(2)7-14(3)9-17/h7-12,15H,6H2,1-5H3,(H,26,28,30)/b18-10+/t15-/m0/s1. The fourth-order valence-electron chi connectivity index (χ4n) is 3.36. The third-order valence-electron chi connectivity index (χ3n) is 5.02. The zero-order valence-corrected chi connectivity index (χ0v) is 19.4. The molecule has 2 aromatic carbocycles. The van der Waals surface area contributed by atoms with Gasteiger partial charge in [0.05, 0.1) is 23.9 Å². The van der Waals surface area contributed by atoms with Crippen molar-refractivity contribution in [2.24, 2.45) is 0 Å². The summed E-state index contributed by atoms with van der Waals surface area (Å²) in [7, 11) is 1.48. The van der Waals surface area contributed by atoms with Gasteiger partial charge >= 0.3 is 6.03 Å². The predicted molar refractivity (Wildman–Crippen MR) is 123 cm³/mol. The lowest BCUT2D eigenvalue weighted by molar-refractivity contribution is -0.122. The van der Waals surface area contributed by atoms with Crippen LogP contribution in [0.15, 0.2) is 35.9 Å². The van der Waals surface area contributed by atoms with Crippen LogP contribution in [0.25, 0.3) is 6.08 Å². The van der Waals surface area contributed by atoms with Crippen LogP contribution in [-0.4, -0.2) is 31.1 Å². The summed E-state index contributed by atoms with van der Waals surface area (Å²) < 4.78 is 11.2. The molecule has 32 heavy (non-hydrogen) atoms. The van der Waals surface area contributed by atoms with Crippen molar-refractivity contribution in [3.8, 4) is 11.5 Å². The van der Waals surface area contributed by atoms with E-state index in [1.54, 1.807) is 24.3 Å². The summed E-state index contributed by atoms with van der Waals surface area (Å²) in [6, 6.07) is 7.74. The summed E-state index contributed by atoms with van der Waals surface area (Å²) in [6.45, 7) is 7.62. The Hall–Kier alpha value is -3.32. The lowest BCUT2D eigenvalue weighted by Crippen LogP contribution is -2.54. The highest BCUT2D eigenvalue weighted by atomic mass is 35.5. The van der Waals surface area contributed by atoms with E-state index >= 15 is 0 Å². The Bertz CT molecular complexity index is 1110. The van der Waals surface area contributed by atoms with Gasteiger partial charge in [-0.3, -0.25) is 14.9 Å². The maximum Gasteiger partial charge on any atom is 0.335 e. The molecule has 0 aromatic heterocycles. The van der Waals surface area contributed by atoms with Crippen molar-refractivity contribution in [3.05, 3.63) is 57.6 Å². The number of carbonyl (C=O) groups is 3. The third kappa shape index (κ3) is 4.78. The Labute approximate surface area is 191 Å². The number of imide groups is 2. The molecule has 1 saturated heterocycles. The summed E-state index contributed by atoms with van der Waals surface area (Å²) in [5, 5.41) is 2.51. The van der Waals surface area contributed by atoms with Crippen molar-refractivity contribution >= 4 is 41.2 Å². The summed E-state index contributed by atoms with van der Waals surface area (Å²) in [5.41, 5.74) is 2.42. The van der Waals surface area contributed by atoms with Gasteiger partial charge in [-0.2, -0.15) is 0 Å². The highest BCUT2D eigenvalue weighted by Gasteiger charge is 2.37. The zero-order chi connectivity index (χ0) is 23.6. The molecule has 7 nitrogen and oxygen atoms in total. The van der Waals surface area contributed by atoms with E-state index in [0.717, 1.165) is 22.4 Å². The number of urea groups is 1. The molecule has 1 atom stereocenters. The molecule has 1 aliphatic heterocycles. The molecule has 0 radical (unpaired) electrons. The van der Waals surface area contributed by atoms with Crippen LogP contribution in [0.3, 0.4) is 0 Å². The van der Waals surface area contributed by atoms with Gasteiger partial charge < -0.3 is 9.47 Å². The monoisotopic (exact) mass is 456 g/mol. The van der Waals surface area contributed by atoms with Gasteiger partial charge in [-0.15, -0.1) is 0 Å². The molecule has 0 aliphatic carbocycles. The predicted octanol–water partition coefficient (Wildman–Crippen LogP) is 4.81. The van der Waals surface area contributed by atoms with E-state index in [-0.39, 0.29) is 16.7 Å². The summed E-state index contributed by atoms with van der Waals surface area (Å²) in [4.78, 5) is 39.0. The van der Waals surface area contributed by atoms with Gasteiger partial charge in [-0.1, -0.05) is 24.6 Å². The van der Waals surface area contributed by atoms with Gasteiger partial charge in [0.2, 0.25) is 0 Å². The molecule has 0 saturated carbocycles. The fourth-order valence-corrected chi connectivity index (χ4v) is 3.62. The number of ether oxygens (including phenoxy) is 2. The molecule has 0 bridgehead atoms. The fraction of sp³-hybridized carbons (Fsp3) is 0.292. The second-order valence-electron chi connectivity index (χ2n) is 7.67. The van der Waals surface area contributed by atoms with Crippen LogP contribution >= 0.6 is 11.6 Å². The molecular formula is C24H25ClN2O5. The van der Waals surface area contributed by atoms with Gasteiger partial charge in [0, 0.05) is 0 Å². The molecule has 1 fully saturated rings. The minimum atomic E-state index is -0.796. The average molecular weight is 457 g/mol. The van der Waals surface area contributed by atoms with Gasteiger partial charge in [-0.25, -0.2) is 9.69 Å². The summed E-state index contributed by atoms with van der Waals surface area (Å²) in [5.74, 6) is -0.748. The first-order valence-electron chi connectivity index (χ1n) is 10.2. The number of hydrogen-bond acceptors (Lipinski definition) is 5. The van der Waals surface area contributed by atoms with E-state index in [0.29, 0.717) is 22.7 Å². The average Bonchev–Trinajstić information content (AvgIpc) is 2.71. The molecule has 1 heterocycles. The first-order valence-corrected chi connectivity index (χ1v) is 10.6. The van der Waals surface area contributed by atoms with E-state index in [1.165, 1.54) is 13.2 Å². The normalized spacial score (nSPS) is 16.2. The quantitative estimate of drug-likeness (QED) is 0.498. The van der Waals surface area contributed by atoms with Crippen LogP contribution in [0.2, 0.25) is 5.02 Å². The molecule has 4 amide bonds. The van der Waals surface area contributed by atoms with Crippen LogP contribution in [0, 0.1) is 13.8 Å². The van der Waals surface area contributed by atoms with E-state index in [2.05, 4.69) is 5.32 Å².